The van der Waals surface area contributed by atoms with Crippen LogP contribution in [-0.4, -0.2) is 20.6 Å². The average molecular weight is 268 g/mol. The third kappa shape index (κ3) is 3.84. The van der Waals surface area contributed by atoms with Crippen molar-refractivity contribution in [3.8, 4) is 0 Å². The van der Waals surface area contributed by atoms with E-state index in [1.54, 1.807) is 0 Å². The van der Waals surface area contributed by atoms with E-state index in [9.17, 15) is 0 Å². The molecule has 0 amide bonds. The number of rotatable bonds is 6. The van der Waals surface area contributed by atoms with Gasteiger partial charge in [-0.1, -0.05) is 48.0 Å². The molecule has 0 unspecified atom stereocenters. The quantitative estimate of drug-likeness (QED) is 0.864. The molecule has 0 spiro atoms. The van der Waals surface area contributed by atoms with E-state index < -0.39 is 0 Å². The molecule has 0 saturated heterocycles. The summed E-state index contributed by atoms with van der Waals surface area (Å²) >= 11 is 0. The van der Waals surface area contributed by atoms with Crippen molar-refractivity contribution < 1.29 is 0 Å². The Bertz CT molecular complexity index is 534. The summed E-state index contributed by atoms with van der Waals surface area (Å²) in [7, 11) is 4.17. The molecule has 106 valence electrons. The van der Waals surface area contributed by atoms with E-state index in [2.05, 4.69) is 72.7 Å². The molecule has 0 bridgehead atoms. The van der Waals surface area contributed by atoms with Gasteiger partial charge in [0, 0.05) is 25.8 Å². The lowest BCUT2D eigenvalue weighted by atomic mass is 10.1. The fourth-order valence-corrected chi connectivity index (χ4v) is 2.48. The molecule has 1 N–H and O–H groups in total. The van der Waals surface area contributed by atoms with Crippen LogP contribution in [0.3, 0.4) is 0 Å². The molecule has 20 heavy (non-hydrogen) atoms. The van der Waals surface area contributed by atoms with Crippen molar-refractivity contribution in [3.63, 3.8) is 0 Å². The Balaban J connectivity index is 2.06. The minimum absolute atomic E-state index is 0.909. The van der Waals surface area contributed by atoms with Crippen LogP contribution in [0.4, 0.5) is 5.69 Å². The standard InChI is InChI=1S/C18H24N2/c1-15-9-10-18(17(13-15)14-19-2)20(3)12-11-16-7-5-4-6-8-16/h4-10,13,19H,11-12,14H2,1-3H3. The predicted molar refractivity (Wildman–Crippen MR) is 87.4 cm³/mol. The Labute approximate surface area is 122 Å². The highest BCUT2D eigenvalue weighted by Gasteiger charge is 2.07. The lowest BCUT2D eigenvalue weighted by Gasteiger charge is -2.23. The molecule has 2 aromatic rings. The van der Waals surface area contributed by atoms with E-state index in [4.69, 9.17) is 0 Å². The second kappa shape index (κ2) is 7.11. The van der Waals surface area contributed by atoms with Crippen LogP contribution < -0.4 is 10.2 Å². The maximum Gasteiger partial charge on any atom is 0.0409 e. The molecule has 0 aliphatic carbocycles. The van der Waals surface area contributed by atoms with Gasteiger partial charge >= 0.3 is 0 Å². The van der Waals surface area contributed by atoms with Gasteiger partial charge in [-0.3, -0.25) is 0 Å². The van der Waals surface area contributed by atoms with Crippen molar-refractivity contribution in [1.29, 1.82) is 0 Å². The van der Waals surface area contributed by atoms with E-state index >= 15 is 0 Å². The summed E-state index contributed by atoms with van der Waals surface area (Å²) < 4.78 is 0. The van der Waals surface area contributed by atoms with Crippen molar-refractivity contribution >= 4 is 5.69 Å². The molecule has 0 saturated carbocycles. The topological polar surface area (TPSA) is 15.3 Å². The van der Waals surface area contributed by atoms with Gasteiger partial charge in [-0.05, 0) is 37.6 Å². The Kier molecular flexibility index (Phi) is 5.19. The van der Waals surface area contributed by atoms with Crippen molar-refractivity contribution in [2.75, 3.05) is 25.5 Å². The molecule has 2 aromatic carbocycles. The summed E-state index contributed by atoms with van der Waals surface area (Å²) in [5.41, 5.74) is 5.39. The summed E-state index contributed by atoms with van der Waals surface area (Å²) in [6.45, 7) is 4.09. The second-order valence-electron chi connectivity index (χ2n) is 5.32. The Morgan fingerprint density at radius 3 is 2.50 bits per heavy atom. The molecule has 0 aliphatic rings. The SMILES string of the molecule is CNCc1cc(C)ccc1N(C)CCc1ccccc1. The molecule has 0 aromatic heterocycles. The van der Waals surface area contributed by atoms with Gasteiger partial charge < -0.3 is 10.2 Å². The Morgan fingerprint density at radius 2 is 1.80 bits per heavy atom. The van der Waals surface area contributed by atoms with Crippen molar-refractivity contribution in [2.45, 2.75) is 19.9 Å². The number of hydrogen-bond donors (Lipinski definition) is 1. The van der Waals surface area contributed by atoms with Gasteiger partial charge in [0.05, 0.1) is 0 Å². The fraction of sp³-hybridized carbons (Fsp3) is 0.333. The third-order valence-corrected chi connectivity index (χ3v) is 3.59. The smallest absolute Gasteiger partial charge is 0.0409 e. The van der Waals surface area contributed by atoms with Crippen LogP contribution in [0.15, 0.2) is 48.5 Å². The van der Waals surface area contributed by atoms with Crippen LogP contribution in [0, 0.1) is 6.92 Å². The van der Waals surface area contributed by atoms with Crippen molar-refractivity contribution in [1.82, 2.24) is 5.32 Å². The molecule has 0 atom stereocenters. The molecule has 2 heteroatoms. The van der Waals surface area contributed by atoms with E-state index in [0.29, 0.717) is 0 Å². The van der Waals surface area contributed by atoms with Gasteiger partial charge in [0.1, 0.15) is 0 Å². The van der Waals surface area contributed by atoms with Gasteiger partial charge in [-0.25, -0.2) is 0 Å². The fourth-order valence-electron chi connectivity index (χ4n) is 2.48. The lowest BCUT2D eigenvalue weighted by molar-refractivity contribution is 0.801. The summed E-state index contributed by atoms with van der Waals surface area (Å²) in [5, 5.41) is 3.25. The summed E-state index contributed by atoms with van der Waals surface area (Å²) in [5.74, 6) is 0. The number of likely N-dealkylation sites (N-methyl/N-ethyl adjacent to an activating group) is 1. The second-order valence-corrected chi connectivity index (χ2v) is 5.32. The van der Waals surface area contributed by atoms with Crippen LogP contribution >= 0.6 is 0 Å². The van der Waals surface area contributed by atoms with Crippen LogP contribution in [0.2, 0.25) is 0 Å². The van der Waals surface area contributed by atoms with E-state index in [-0.39, 0.29) is 0 Å². The predicted octanol–water partition coefficient (Wildman–Crippen LogP) is 3.39. The summed E-state index contributed by atoms with van der Waals surface area (Å²) in [4.78, 5) is 2.35. The van der Waals surface area contributed by atoms with Crippen LogP contribution in [0.25, 0.3) is 0 Å². The van der Waals surface area contributed by atoms with Crippen LogP contribution in [-0.2, 0) is 13.0 Å². The molecule has 0 radical (unpaired) electrons. The molecular weight excluding hydrogens is 244 g/mol. The first-order valence-electron chi connectivity index (χ1n) is 7.20. The normalized spacial score (nSPS) is 10.6. The number of benzene rings is 2. The van der Waals surface area contributed by atoms with Crippen molar-refractivity contribution in [3.05, 3.63) is 65.2 Å². The molecule has 0 heterocycles. The molecular formula is C18H24N2. The van der Waals surface area contributed by atoms with E-state index in [0.717, 1.165) is 19.5 Å². The maximum atomic E-state index is 3.25. The zero-order valence-electron chi connectivity index (χ0n) is 12.7. The zero-order valence-corrected chi connectivity index (χ0v) is 12.7. The minimum Gasteiger partial charge on any atom is -0.374 e. The van der Waals surface area contributed by atoms with Gasteiger partial charge in [0.2, 0.25) is 0 Å². The maximum absolute atomic E-state index is 3.25. The number of anilines is 1. The first-order valence-corrected chi connectivity index (χ1v) is 7.20. The number of nitrogens with zero attached hydrogens (tertiary/aromatic N) is 1. The first-order chi connectivity index (χ1) is 9.70. The number of hydrogen-bond acceptors (Lipinski definition) is 2. The molecule has 2 rings (SSSR count). The van der Waals surface area contributed by atoms with Crippen molar-refractivity contribution in [2.24, 2.45) is 0 Å². The van der Waals surface area contributed by atoms with Gasteiger partial charge in [0.25, 0.3) is 0 Å². The molecule has 2 nitrogen and oxygen atoms in total. The number of nitrogens with one attached hydrogen (secondary N) is 1. The largest absolute Gasteiger partial charge is 0.374 e. The van der Waals surface area contributed by atoms with Crippen LogP contribution in [0.1, 0.15) is 16.7 Å². The zero-order chi connectivity index (χ0) is 14.4. The highest BCUT2D eigenvalue weighted by Crippen LogP contribution is 2.21. The summed E-state index contributed by atoms with van der Waals surface area (Å²) in [6, 6.07) is 17.3. The third-order valence-electron chi connectivity index (χ3n) is 3.59. The summed E-state index contributed by atoms with van der Waals surface area (Å²) in [6.07, 6.45) is 1.07. The first kappa shape index (κ1) is 14.6. The monoisotopic (exact) mass is 268 g/mol. The van der Waals surface area contributed by atoms with Gasteiger partial charge in [0.15, 0.2) is 0 Å². The molecule has 0 aliphatic heterocycles. The van der Waals surface area contributed by atoms with Gasteiger partial charge in [-0.2, -0.15) is 0 Å². The van der Waals surface area contributed by atoms with Crippen LogP contribution in [0.5, 0.6) is 0 Å². The minimum atomic E-state index is 0.909. The highest BCUT2D eigenvalue weighted by atomic mass is 15.1. The molecule has 0 fully saturated rings. The highest BCUT2D eigenvalue weighted by molar-refractivity contribution is 5.54. The van der Waals surface area contributed by atoms with E-state index in [1.165, 1.54) is 22.4 Å². The van der Waals surface area contributed by atoms with E-state index in [1.807, 2.05) is 7.05 Å². The Hall–Kier alpha value is -1.80. The average Bonchev–Trinajstić information content (AvgIpc) is 2.46. The lowest BCUT2D eigenvalue weighted by Crippen LogP contribution is -2.22. The van der Waals surface area contributed by atoms with Gasteiger partial charge in [-0.15, -0.1) is 0 Å². The Morgan fingerprint density at radius 1 is 1.05 bits per heavy atom. The number of aryl methyl sites for hydroxylation is 1.